The SMILES string of the molecule is COc1cccc(C(CNC(=O)Cn2cc(C(F)(F)F)ccc2=O)N2CCCC2)c1. The molecule has 1 N–H and O–H groups in total. The summed E-state index contributed by atoms with van der Waals surface area (Å²) in [6.45, 7) is 1.59. The monoisotopic (exact) mass is 423 g/mol. The van der Waals surface area contributed by atoms with Gasteiger partial charge in [0.05, 0.1) is 18.7 Å². The molecule has 1 aliphatic heterocycles. The summed E-state index contributed by atoms with van der Waals surface area (Å²) in [6.07, 6.45) is -1.79. The third kappa shape index (κ3) is 5.41. The molecule has 1 saturated heterocycles. The lowest BCUT2D eigenvalue weighted by molar-refractivity contribution is -0.138. The summed E-state index contributed by atoms with van der Waals surface area (Å²) in [7, 11) is 1.58. The zero-order valence-electron chi connectivity index (χ0n) is 16.6. The summed E-state index contributed by atoms with van der Waals surface area (Å²) in [4.78, 5) is 26.5. The van der Waals surface area contributed by atoms with Crippen LogP contribution in [0.4, 0.5) is 13.2 Å². The van der Waals surface area contributed by atoms with Crippen molar-refractivity contribution in [3.63, 3.8) is 0 Å². The summed E-state index contributed by atoms with van der Waals surface area (Å²) < 4.78 is 44.7. The number of aromatic nitrogens is 1. The normalized spacial score (nSPS) is 15.7. The number of carbonyl (C=O) groups excluding carboxylic acids is 1. The molecule has 0 radical (unpaired) electrons. The second kappa shape index (κ2) is 9.34. The van der Waals surface area contributed by atoms with Crippen molar-refractivity contribution in [2.45, 2.75) is 31.6 Å². The van der Waals surface area contributed by atoms with E-state index in [1.807, 2.05) is 24.3 Å². The summed E-state index contributed by atoms with van der Waals surface area (Å²) in [6, 6.07) is 9.01. The molecule has 0 aliphatic carbocycles. The molecule has 1 unspecified atom stereocenters. The van der Waals surface area contributed by atoms with Gasteiger partial charge in [-0.3, -0.25) is 14.5 Å². The van der Waals surface area contributed by atoms with E-state index in [4.69, 9.17) is 4.74 Å². The van der Waals surface area contributed by atoms with Gasteiger partial charge in [0.1, 0.15) is 12.3 Å². The summed E-state index contributed by atoms with van der Waals surface area (Å²) >= 11 is 0. The van der Waals surface area contributed by atoms with Crippen LogP contribution in [-0.2, 0) is 17.5 Å². The number of pyridine rings is 1. The molecule has 1 amide bonds. The number of rotatable bonds is 7. The van der Waals surface area contributed by atoms with Gasteiger partial charge in [-0.1, -0.05) is 12.1 Å². The first-order valence-corrected chi connectivity index (χ1v) is 9.70. The molecule has 2 heterocycles. The highest BCUT2D eigenvalue weighted by atomic mass is 19.4. The topological polar surface area (TPSA) is 63.6 Å². The number of alkyl halides is 3. The van der Waals surface area contributed by atoms with Crippen LogP contribution in [0.1, 0.15) is 30.0 Å². The largest absolute Gasteiger partial charge is 0.497 e. The zero-order chi connectivity index (χ0) is 21.7. The zero-order valence-corrected chi connectivity index (χ0v) is 16.6. The van der Waals surface area contributed by atoms with Gasteiger partial charge in [0.2, 0.25) is 5.91 Å². The lowest BCUT2D eigenvalue weighted by Crippen LogP contribution is -2.39. The molecular formula is C21H24F3N3O3. The molecule has 1 aliphatic rings. The summed E-state index contributed by atoms with van der Waals surface area (Å²) in [5.41, 5.74) is -0.656. The first kappa shape index (κ1) is 21.9. The fourth-order valence-electron chi connectivity index (χ4n) is 3.60. The van der Waals surface area contributed by atoms with Gasteiger partial charge in [0.25, 0.3) is 5.56 Å². The minimum Gasteiger partial charge on any atom is -0.497 e. The van der Waals surface area contributed by atoms with Crippen LogP contribution in [0.3, 0.4) is 0 Å². The van der Waals surface area contributed by atoms with Crippen molar-refractivity contribution in [3.05, 3.63) is 64.1 Å². The van der Waals surface area contributed by atoms with E-state index in [1.54, 1.807) is 7.11 Å². The maximum absolute atomic E-state index is 12.9. The Kier molecular flexibility index (Phi) is 6.81. The fourth-order valence-corrected chi connectivity index (χ4v) is 3.60. The molecule has 30 heavy (non-hydrogen) atoms. The first-order valence-electron chi connectivity index (χ1n) is 9.70. The number of benzene rings is 1. The minimum atomic E-state index is -4.58. The van der Waals surface area contributed by atoms with Crippen molar-refractivity contribution in [2.75, 3.05) is 26.7 Å². The number of halogens is 3. The molecule has 1 aromatic carbocycles. The second-order valence-corrected chi connectivity index (χ2v) is 7.22. The second-order valence-electron chi connectivity index (χ2n) is 7.22. The van der Waals surface area contributed by atoms with E-state index in [0.717, 1.165) is 42.1 Å². The number of nitrogens with one attached hydrogen (secondary N) is 1. The average molecular weight is 423 g/mol. The van der Waals surface area contributed by atoms with Crippen molar-refractivity contribution in [1.29, 1.82) is 0 Å². The number of likely N-dealkylation sites (tertiary alicyclic amines) is 1. The van der Waals surface area contributed by atoms with E-state index < -0.39 is 29.8 Å². The van der Waals surface area contributed by atoms with Crippen LogP contribution in [-0.4, -0.2) is 42.1 Å². The quantitative estimate of drug-likeness (QED) is 0.744. The van der Waals surface area contributed by atoms with Crippen molar-refractivity contribution >= 4 is 5.91 Å². The van der Waals surface area contributed by atoms with Crippen LogP contribution >= 0.6 is 0 Å². The fraction of sp³-hybridized carbons (Fsp3) is 0.429. The Morgan fingerprint density at radius 2 is 1.93 bits per heavy atom. The van der Waals surface area contributed by atoms with Gasteiger partial charge in [0, 0.05) is 18.8 Å². The van der Waals surface area contributed by atoms with Gasteiger partial charge in [-0.25, -0.2) is 0 Å². The summed E-state index contributed by atoms with van der Waals surface area (Å²) in [5, 5.41) is 2.77. The molecule has 1 aromatic heterocycles. The minimum absolute atomic E-state index is 0.0928. The Bertz CT molecular complexity index is 937. The number of nitrogens with zero attached hydrogens (tertiary/aromatic N) is 2. The molecule has 1 atom stereocenters. The van der Waals surface area contributed by atoms with Gasteiger partial charge < -0.3 is 14.6 Å². The number of hydrogen-bond acceptors (Lipinski definition) is 4. The standard InChI is InChI=1S/C21H24F3N3O3/c1-30-17-6-4-5-15(11-17)18(26-9-2-3-10-26)12-25-19(28)14-27-13-16(21(22,23)24)7-8-20(27)29/h4-8,11,13,18H,2-3,9-10,12,14H2,1H3,(H,25,28). The molecule has 0 saturated carbocycles. The van der Waals surface area contributed by atoms with Gasteiger partial charge in [0.15, 0.2) is 0 Å². The van der Waals surface area contributed by atoms with Gasteiger partial charge in [-0.05, 0) is 49.7 Å². The Labute approximate surface area is 172 Å². The summed E-state index contributed by atoms with van der Waals surface area (Å²) in [5.74, 6) is 0.182. The predicted molar refractivity (Wildman–Crippen MR) is 105 cm³/mol. The molecule has 2 aromatic rings. The van der Waals surface area contributed by atoms with E-state index in [0.29, 0.717) is 18.0 Å². The lowest BCUT2D eigenvalue weighted by atomic mass is 10.0. The molecular weight excluding hydrogens is 399 g/mol. The van der Waals surface area contributed by atoms with E-state index in [9.17, 15) is 22.8 Å². The van der Waals surface area contributed by atoms with Gasteiger partial charge in [-0.15, -0.1) is 0 Å². The molecule has 3 rings (SSSR count). The molecule has 162 valence electrons. The Balaban J connectivity index is 1.71. The third-order valence-corrected chi connectivity index (χ3v) is 5.18. The Hall–Kier alpha value is -2.81. The van der Waals surface area contributed by atoms with Crippen molar-refractivity contribution in [3.8, 4) is 5.75 Å². The van der Waals surface area contributed by atoms with Crippen molar-refractivity contribution < 1.29 is 22.7 Å². The third-order valence-electron chi connectivity index (χ3n) is 5.18. The number of ether oxygens (including phenoxy) is 1. The van der Waals surface area contributed by atoms with E-state index in [2.05, 4.69) is 10.2 Å². The van der Waals surface area contributed by atoms with Crippen LogP contribution in [0.25, 0.3) is 0 Å². The van der Waals surface area contributed by atoms with Crippen molar-refractivity contribution in [1.82, 2.24) is 14.8 Å². The predicted octanol–water partition coefficient (Wildman–Crippen LogP) is 2.83. The van der Waals surface area contributed by atoms with E-state index >= 15 is 0 Å². The molecule has 9 heteroatoms. The maximum Gasteiger partial charge on any atom is 0.417 e. The van der Waals surface area contributed by atoms with Gasteiger partial charge >= 0.3 is 6.18 Å². The van der Waals surface area contributed by atoms with E-state index in [-0.39, 0.29) is 12.6 Å². The Morgan fingerprint density at radius 3 is 2.60 bits per heavy atom. The molecule has 0 bridgehead atoms. The van der Waals surface area contributed by atoms with Crippen LogP contribution < -0.4 is 15.6 Å². The highest BCUT2D eigenvalue weighted by Gasteiger charge is 2.31. The highest BCUT2D eigenvalue weighted by Crippen LogP contribution is 2.28. The van der Waals surface area contributed by atoms with Crippen LogP contribution in [0.2, 0.25) is 0 Å². The molecule has 6 nitrogen and oxygen atoms in total. The first-order chi connectivity index (χ1) is 14.3. The lowest BCUT2D eigenvalue weighted by Gasteiger charge is -2.28. The van der Waals surface area contributed by atoms with Crippen LogP contribution in [0, 0.1) is 0 Å². The molecule has 0 spiro atoms. The molecule has 1 fully saturated rings. The van der Waals surface area contributed by atoms with Crippen LogP contribution in [0.15, 0.2) is 47.4 Å². The number of carbonyl (C=O) groups is 1. The average Bonchev–Trinajstić information content (AvgIpc) is 3.23. The van der Waals surface area contributed by atoms with Crippen molar-refractivity contribution in [2.24, 2.45) is 0 Å². The van der Waals surface area contributed by atoms with Gasteiger partial charge in [-0.2, -0.15) is 13.2 Å². The number of methoxy groups -OCH3 is 1. The number of hydrogen-bond donors (Lipinski definition) is 1. The van der Waals surface area contributed by atoms with E-state index in [1.165, 1.54) is 0 Å². The Morgan fingerprint density at radius 1 is 1.20 bits per heavy atom. The smallest absolute Gasteiger partial charge is 0.417 e. The van der Waals surface area contributed by atoms with Crippen LogP contribution in [0.5, 0.6) is 5.75 Å². The highest BCUT2D eigenvalue weighted by molar-refractivity contribution is 5.75. The number of amides is 1. The maximum atomic E-state index is 12.9.